The van der Waals surface area contributed by atoms with Crippen molar-refractivity contribution in [1.82, 2.24) is 0 Å². The van der Waals surface area contributed by atoms with Crippen LogP contribution in [0.15, 0.2) is 42.5 Å². The van der Waals surface area contributed by atoms with Crippen LogP contribution in [-0.2, 0) is 9.53 Å². The van der Waals surface area contributed by atoms with E-state index in [2.05, 4.69) is 0 Å². The zero-order valence-corrected chi connectivity index (χ0v) is 14.2. The van der Waals surface area contributed by atoms with Crippen molar-refractivity contribution >= 4 is 29.2 Å². The summed E-state index contributed by atoms with van der Waals surface area (Å²) in [6.45, 7) is -0.159. The summed E-state index contributed by atoms with van der Waals surface area (Å²) < 4.78 is 15.8. The first-order valence-corrected chi connectivity index (χ1v) is 7.62. The van der Waals surface area contributed by atoms with E-state index in [0.717, 1.165) is 0 Å². The number of esters is 1. The van der Waals surface area contributed by atoms with Crippen molar-refractivity contribution in [2.75, 3.05) is 13.7 Å². The fourth-order valence-electron chi connectivity index (χ4n) is 1.86. The van der Waals surface area contributed by atoms with Crippen LogP contribution in [0.1, 0.15) is 5.56 Å². The molecule has 24 heavy (non-hydrogen) atoms. The van der Waals surface area contributed by atoms with Gasteiger partial charge in [0.1, 0.15) is 24.2 Å². The molecular formula is C17H13Cl2NO4. The predicted molar refractivity (Wildman–Crippen MR) is 89.5 cm³/mol. The highest BCUT2D eigenvalue weighted by Crippen LogP contribution is 2.26. The topological polar surface area (TPSA) is 68.5 Å². The molecule has 0 bridgehead atoms. The third kappa shape index (κ3) is 4.54. The lowest BCUT2D eigenvalue weighted by molar-refractivity contribution is -0.150. The van der Waals surface area contributed by atoms with Gasteiger partial charge in [-0.3, -0.25) is 0 Å². The Morgan fingerprint density at radius 3 is 2.62 bits per heavy atom. The van der Waals surface area contributed by atoms with Gasteiger partial charge in [-0.25, -0.2) is 4.79 Å². The number of halogens is 2. The van der Waals surface area contributed by atoms with Gasteiger partial charge in [0.15, 0.2) is 0 Å². The molecule has 7 heteroatoms. The Balaban J connectivity index is 2.14. The Bertz CT molecular complexity index is 773. The van der Waals surface area contributed by atoms with Crippen molar-refractivity contribution in [3.8, 4) is 17.6 Å². The molecule has 1 atom stereocenters. The van der Waals surface area contributed by atoms with Crippen molar-refractivity contribution in [1.29, 1.82) is 5.26 Å². The maximum absolute atomic E-state index is 11.9. The second-order valence-electron chi connectivity index (χ2n) is 4.62. The Kier molecular flexibility index (Phi) is 6.30. The SMILES string of the molecule is COC(=O)C(COc1ccc(Cl)cc1C#N)Oc1ccccc1Cl. The third-order valence-corrected chi connectivity index (χ3v) is 3.57. The van der Waals surface area contributed by atoms with Gasteiger partial charge in [-0.15, -0.1) is 0 Å². The van der Waals surface area contributed by atoms with Crippen LogP contribution >= 0.6 is 23.2 Å². The number of para-hydroxylation sites is 1. The van der Waals surface area contributed by atoms with Crippen molar-refractivity contribution in [3.05, 3.63) is 58.1 Å². The maximum atomic E-state index is 11.9. The van der Waals surface area contributed by atoms with Gasteiger partial charge >= 0.3 is 5.97 Å². The number of carbonyl (C=O) groups excluding carboxylic acids is 1. The quantitative estimate of drug-likeness (QED) is 0.726. The molecule has 0 fully saturated rings. The van der Waals surface area contributed by atoms with Gasteiger partial charge in [-0.05, 0) is 30.3 Å². The smallest absolute Gasteiger partial charge is 0.350 e. The van der Waals surface area contributed by atoms with Crippen LogP contribution in [0.4, 0.5) is 0 Å². The molecule has 0 N–H and O–H groups in total. The van der Waals surface area contributed by atoms with Gasteiger partial charge in [-0.1, -0.05) is 35.3 Å². The lowest BCUT2D eigenvalue weighted by Crippen LogP contribution is -2.34. The third-order valence-electron chi connectivity index (χ3n) is 3.02. The molecule has 2 aromatic rings. The standard InChI is InChI=1S/C17H13Cl2NO4/c1-22-17(21)16(24-15-5-3-2-4-13(15)19)10-23-14-7-6-12(18)8-11(14)9-20/h2-8,16H,10H2,1H3. The van der Waals surface area contributed by atoms with Gasteiger partial charge in [-0.2, -0.15) is 5.26 Å². The summed E-state index contributed by atoms with van der Waals surface area (Å²) in [4.78, 5) is 11.9. The minimum atomic E-state index is -1.04. The summed E-state index contributed by atoms with van der Waals surface area (Å²) >= 11 is 11.9. The fraction of sp³-hybridized carbons (Fsp3) is 0.176. The van der Waals surface area contributed by atoms with Crippen molar-refractivity contribution in [2.45, 2.75) is 6.10 Å². The molecule has 0 aliphatic heterocycles. The van der Waals surface area contributed by atoms with E-state index in [9.17, 15) is 4.79 Å². The molecule has 0 aromatic heterocycles. The average Bonchev–Trinajstić information content (AvgIpc) is 2.60. The highest BCUT2D eigenvalue weighted by Gasteiger charge is 2.24. The normalized spacial score (nSPS) is 11.2. The molecule has 0 aliphatic carbocycles. The van der Waals surface area contributed by atoms with E-state index in [1.54, 1.807) is 36.4 Å². The van der Waals surface area contributed by atoms with Crippen LogP contribution in [0.2, 0.25) is 10.0 Å². The van der Waals surface area contributed by atoms with Crippen LogP contribution in [-0.4, -0.2) is 25.8 Å². The first-order chi connectivity index (χ1) is 11.5. The van der Waals surface area contributed by atoms with E-state index in [0.29, 0.717) is 21.5 Å². The molecule has 0 amide bonds. The number of hydrogen-bond donors (Lipinski definition) is 0. The number of ether oxygens (including phenoxy) is 3. The number of nitrogens with zero attached hydrogens (tertiary/aromatic N) is 1. The predicted octanol–water partition coefficient (Wildman–Crippen LogP) is 3.86. The molecule has 0 aliphatic rings. The summed E-state index contributed by atoms with van der Waals surface area (Å²) in [6.07, 6.45) is -1.04. The summed E-state index contributed by atoms with van der Waals surface area (Å²) in [7, 11) is 1.24. The van der Waals surface area contributed by atoms with Gasteiger partial charge in [0.2, 0.25) is 6.10 Å². The lowest BCUT2D eigenvalue weighted by atomic mass is 10.2. The Morgan fingerprint density at radius 2 is 1.96 bits per heavy atom. The zero-order valence-electron chi connectivity index (χ0n) is 12.7. The second kappa shape index (κ2) is 8.44. The number of nitriles is 1. The van der Waals surface area contributed by atoms with E-state index in [-0.39, 0.29) is 12.2 Å². The molecule has 0 heterocycles. The van der Waals surface area contributed by atoms with Crippen molar-refractivity contribution in [3.63, 3.8) is 0 Å². The molecule has 0 spiro atoms. The van der Waals surface area contributed by atoms with Gasteiger partial charge < -0.3 is 14.2 Å². The van der Waals surface area contributed by atoms with Gasteiger partial charge in [0, 0.05) is 5.02 Å². The Morgan fingerprint density at radius 1 is 1.21 bits per heavy atom. The summed E-state index contributed by atoms with van der Waals surface area (Å²) in [5.41, 5.74) is 0.254. The first-order valence-electron chi connectivity index (χ1n) is 6.86. The zero-order chi connectivity index (χ0) is 17.5. The molecule has 0 radical (unpaired) electrons. The van der Waals surface area contributed by atoms with Crippen molar-refractivity contribution in [2.24, 2.45) is 0 Å². The van der Waals surface area contributed by atoms with Crippen LogP contribution in [0.25, 0.3) is 0 Å². The van der Waals surface area contributed by atoms with Gasteiger partial charge in [0.05, 0.1) is 17.7 Å². The summed E-state index contributed by atoms with van der Waals surface area (Å²) in [5, 5.41) is 9.88. The largest absolute Gasteiger partial charge is 0.488 e. The van der Waals surface area contributed by atoms with Crippen LogP contribution in [0.5, 0.6) is 11.5 Å². The van der Waals surface area contributed by atoms with E-state index in [4.69, 9.17) is 42.7 Å². The minimum Gasteiger partial charge on any atom is -0.488 e. The van der Waals surface area contributed by atoms with E-state index in [1.165, 1.54) is 13.2 Å². The fourth-order valence-corrected chi connectivity index (χ4v) is 2.21. The van der Waals surface area contributed by atoms with E-state index < -0.39 is 12.1 Å². The number of methoxy groups -OCH3 is 1. The monoisotopic (exact) mass is 365 g/mol. The van der Waals surface area contributed by atoms with E-state index in [1.807, 2.05) is 6.07 Å². The minimum absolute atomic E-state index is 0.159. The molecule has 2 aromatic carbocycles. The van der Waals surface area contributed by atoms with Crippen molar-refractivity contribution < 1.29 is 19.0 Å². The molecule has 5 nitrogen and oxygen atoms in total. The number of hydrogen-bond acceptors (Lipinski definition) is 5. The molecule has 124 valence electrons. The number of rotatable bonds is 6. The maximum Gasteiger partial charge on any atom is 0.350 e. The lowest BCUT2D eigenvalue weighted by Gasteiger charge is -2.18. The molecular weight excluding hydrogens is 353 g/mol. The van der Waals surface area contributed by atoms with Crippen LogP contribution in [0, 0.1) is 11.3 Å². The van der Waals surface area contributed by atoms with Gasteiger partial charge in [0.25, 0.3) is 0 Å². The summed E-state index contributed by atoms with van der Waals surface area (Å²) in [6, 6.07) is 13.3. The number of benzene rings is 2. The molecule has 1 unspecified atom stereocenters. The highest BCUT2D eigenvalue weighted by atomic mass is 35.5. The molecule has 0 saturated heterocycles. The Labute approximate surface area is 149 Å². The summed E-state index contributed by atoms with van der Waals surface area (Å²) in [5.74, 6) is -0.00395. The number of carbonyl (C=O) groups is 1. The van der Waals surface area contributed by atoms with Crippen LogP contribution in [0.3, 0.4) is 0 Å². The molecule has 2 rings (SSSR count). The molecule has 0 saturated carbocycles. The Hall–Kier alpha value is -2.42. The second-order valence-corrected chi connectivity index (χ2v) is 5.47. The first kappa shape index (κ1) is 17.9. The highest BCUT2D eigenvalue weighted by molar-refractivity contribution is 6.32. The van der Waals surface area contributed by atoms with Crippen LogP contribution < -0.4 is 9.47 Å². The average molecular weight is 366 g/mol. The van der Waals surface area contributed by atoms with E-state index >= 15 is 0 Å².